The van der Waals surface area contributed by atoms with Crippen LogP contribution < -0.4 is 5.73 Å². The number of rotatable bonds is 4. The molecule has 0 aromatic carbocycles. The Morgan fingerprint density at radius 2 is 1.88 bits per heavy atom. The summed E-state index contributed by atoms with van der Waals surface area (Å²) >= 11 is 0. The van der Waals surface area contributed by atoms with E-state index >= 15 is 0 Å². The summed E-state index contributed by atoms with van der Waals surface area (Å²) in [7, 11) is 0. The summed E-state index contributed by atoms with van der Waals surface area (Å²) in [6.07, 6.45) is 3.52. The fourth-order valence-electron chi connectivity index (χ4n) is 3.03. The van der Waals surface area contributed by atoms with Gasteiger partial charge in [-0.1, -0.05) is 0 Å². The van der Waals surface area contributed by atoms with E-state index in [0.717, 1.165) is 0 Å². The fourth-order valence-corrected chi connectivity index (χ4v) is 3.03. The minimum absolute atomic E-state index is 0.188. The van der Waals surface area contributed by atoms with Gasteiger partial charge in [0.2, 0.25) is 11.8 Å². The topological polar surface area (TPSA) is 108 Å². The molecule has 2 aromatic rings. The molecule has 1 aliphatic rings. The van der Waals surface area contributed by atoms with E-state index < -0.39 is 0 Å². The SMILES string of the molecule is Cc1oc(-n2cccc2)c(C#N)c1C(=O)N1CCN(CC(N)=O)CC1. The molecule has 0 unspecified atom stereocenters. The number of hydrogen-bond acceptors (Lipinski definition) is 5. The van der Waals surface area contributed by atoms with Gasteiger partial charge in [-0.2, -0.15) is 5.26 Å². The van der Waals surface area contributed by atoms with Crippen LogP contribution in [-0.4, -0.2) is 58.9 Å². The van der Waals surface area contributed by atoms with Crippen LogP contribution in [0.5, 0.6) is 0 Å². The Hall–Kier alpha value is -3.05. The van der Waals surface area contributed by atoms with Crippen molar-refractivity contribution in [3.8, 4) is 12.0 Å². The summed E-state index contributed by atoms with van der Waals surface area (Å²) in [5, 5.41) is 9.55. The molecule has 1 aliphatic heterocycles. The number of aryl methyl sites for hydroxylation is 1. The van der Waals surface area contributed by atoms with Gasteiger partial charge >= 0.3 is 0 Å². The molecule has 1 fully saturated rings. The molecule has 3 heterocycles. The van der Waals surface area contributed by atoms with E-state index in [4.69, 9.17) is 10.2 Å². The first-order chi connectivity index (χ1) is 12.0. The molecule has 2 N–H and O–H groups in total. The third-order valence-corrected chi connectivity index (χ3v) is 4.27. The number of piperazine rings is 1. The van der Waals surface area contributed by atoms with Crippen molar-refractivity contribution in [2.75, 3.05) is 32.7 Å². The van der Waals surface area contributed by atoms with Crippen molar-refractivity contribution in [1.29, 1.82) is 5.26 Å². The number of carbonyl (C=O) groups excluding carboxylic acids is 2. The number of furan rings is 1. The minimum Gasteiger partial charge on any atom is -0.443 e. The molecular formula is C17H19N5O3. The Morgan fingerprint density at radius 1 is 1.24 bits per heavy atom. The number of amides is 2. The summed E-state index contributed by atoms with van der Waals surface area (Å²) in [5.41, 5.74) is 5.74. The van der Waals surface area contributed by atoms with Crippen LogP contribution in [0.3, 0.4) is 0 Å². The zero-order valence-electron chi connectivity index (χ0n) is 13.9. The molecule has 0 bridgehead atoms. The molecule has 8 nitrogen and oxygen atoms in total. The van der Waals surface area contributed by atoms with E-state index in [1.54, 1.807) is 28.8 Å². The van der Waals surface area contributed by atoms with Gasteiger partial charge in [-0.05, 0) is 19.1 Å². The highest BCUT2D eigenvalue weighted by molar-refractivity contribution is 5.98. The highest BCUT2D eigenvalue weighted by Crippen LogP contribution is 2.27. The van der Waals surface area contributed by atoms with Gasteiger partial charge in [0.05, 0.1) is 6.54 Å². The molecule has 0 aliphatic carbocycles. The Bertz CT molecular complexity index is 823. The molecule has 0 saturated carbocycles. The lowest BCUT2D eigenvalue weighted by Gasteiger charge is -2.33. The molecule has 25 heavy (non-hydrogen) atoms. The van der Waals surface area contributed by atoms with E-state index in [9.17, 15) is 14.9 Å². The quantitative estimate of drug-likeness (QED) is 0.871. The average molecular weight is 341 g/mol. The summed E-state index contributed by atoms with van der Waals surface area (Å²) in [6, 6.07) is 5.73. The van der Waals surface area contributed by atoms with Crippen molar-refractivity contribution in [1.82, 2.24) is 14.4 Å². The molecule has 0 radical (unpaired) electrons. The zero-order chi connectivity index (χ0) is 18.0. The van der Waals surface area contributed by atoms with Crippen LogP contribution in [0.25, 0.3) is 5.88 Å². The van der Waals surface area contributed by atoms with Crippen molar-refractivity contribution < 1.29 is 14.0 Å². The molecule has 0 atom stereocenters. The number of primary amides is 1. The van der Waals surface area contributed by atoms with Crippen LogP contribution in [0, 0.1) is 18.3 Å². The fraction of sp³-hybridized carbons (Fsp3) is 0.353. The molecule has 130 valence electrons. The average Bonchev–Trinajstić information content (AvgIpc) is 3.21. The second kappa shape index (κ2) is 6.83. The van der Waals surface area contributed by atoms with Gasteiger partial charge in [-0.3, -0.25) is 19.1 Å². The molecule has 2 aromatic heterocycles. The number of aromatic nitrogens is 1. The predicted molar refractivity (Wildman–Crippen MR) is 89.0 cm³/mol. The monoisotopic (exact) mass is 341 g/mol. The van der Waals surface area contributed by atoms with Gasteiger partial charge in [0, 0.05) is 38.6 Å². The van der Waals surface area contributed by atoms with E-state index in [-0.39, 0.29) is 23.9 Å². The normalized spacial score (nSPS) is 15.1. The third kappa shape index (κ3) is 3.27. The number of nitrogens with zero attached hydrogens (tertiary/aromatic N) is 4. The van der Waals surface area contributed by atoms with Gasteiger partial charge in [-0.25, -0.2) is 0 Å². The molecule has 2 amide bonds. The summed E-state index contributed by atoms with van der Waals surface area (Å²) < 4.78 is 7.36. The van der Waals surface area contributed by atoms with E-state index in [1.807, 2.05) is 17.0 Å². The van der Waals surface area contributed by atoms with E-state index in [0.29, 0.717) is 43.4 Å². The van der Waals surface area contributed by atoms with Crippen LogP contribution in [0.15, 0.2) is 28.9 Å². The Balaban J connectivity index is 1.82. The van der Waals surface area contributed by atoms with Crippen molar-refractivity contribution in [2.24, 2.45) is 5.73 Å². The van der Waals surface area contributed by atoms with Crippen LogP contribution >= 0.6 is 0 Å². The van der Waals surface area contributed by atoms with Gasteiger partial charge in [0.1, 0.15) is 23.0 Å². The van der Waals surface area contributed by atoms with E-state index in [1.165, 1.54) is 0 Å². The Morgan fingerprint density at radius 3 is 2.44 bits per heavy atom. The van der Waals surface area contributed by atoms with Crippen LogP contribution in [0.1, 0.15) is 21.7 Å². The standard InChI is InChI=1S/C17H19N5O3/c1-12-15(13(10-18)17(25-12)22-4-2-3-5-22)16(24)21-8-6-20(7-9-21)11-14(19)23/h2-5H,6-9,11H2,1H3,(H2,19,23). The lowest BCUT2D eigenvalue weighted by molar-refractivity contribution is -0.119. The molecule has 3 rings (SSSR count). The van der Waals surface area contributed by atoms with Crippen LogP contribution in [0.2, 0.25) is 0 Å². The first-order valence-corrected chi connectivity index (χ1v) is 7.98. The van der Waals surface area contributed by atoms with Crippen molar-refractivity contribution in [3.05, 3.63) is 41.4 Å². The highest BCUT2D eigenvalue weighted by atomic mass is 16.4. The van der Waals surface area contributed by atoms with Gasteiger partial charge in [0.15, 0.2) is 0 Å². The first-order valence-electron chi connectivity index (χ1n) is 7.98. The van der Waals surface area contributed by atoms with Crippen molar-refractivity contribution in [3.63, 3.8) is 0 Å². The molecular weight excluding hydrogens is 322 g/mol. The minimum atomic E-state index is -0.381. The summed E-state index contributed by atoms with van der Waals surface area (Å²) in [5.74, 6) is 0.161. The van der Waals surface area contributed by atoms with Crippen molar-refractivity contribution >= 4 is 11.8 Å². The number of nitriles is 1. The maximum Gasteiger partial charge on any atom is 0.258 e. The molecule has 8 heteroatoms. The van der Waals surface area contributed by atoms with Crippen LogP contribution in [0.4, 0.5) is 0 Å². The number of carbonyl (C=O) groups is 2. The maximum atomic E-state index is 12.9. The van der Waals surface area contributed by atoms with Gasteiger partial charge < -0.3 is 15.1 Å². The Labute approximate surface area is 145 Å². The predicted octanol–water partition coefficient (Wildman–Crippen LogP) is 0.493. The summed E-state index contributed by atoms with van der Waals surface area (Å²) in [4.78, 5) is 27.5. The first kappa shape index (κ1) is 16.8. The second-order valence-corrected chi connectivity index (χ2v) is 5.95. The van der Waals surface area contributed by atoms with E-state index in [2.05, 4.69) is 6.07 Å². The lowest BCUT2D eigenvalue weighted by Crippen LogP contribution is -2.50. The maximum absolute atomic E-state index is 12.9. The highest BCUT2D eigenvalue weighted by Gasteiger charge is 2.30. The third-order valence-electron chi connectivity index (χ3n) is 4.27. The lowest BCUT2D eigenvalue weighted by atomic mass is 10.1. The van der Waals surface area contributed by atoms with Crippen LogP contribution in [-0.2, 0) is 4.79 Å². The molecule has 1 saturated heterocycles. The zero-order valence-corrected chi connectivity index (χ0v) is 13.9. The largest absolute Gasteiger partial charge is 0.443 e. The van der Waals surface area contributed by atoms with Gasteiger partial charge in [-0.15, -0.1) is 0 Å². The smallest absolute Gasteiger partial charge is 0.258 e. The second-order valence-electron chi connectivity index (χ2n) is 5.95. The Kier molecular flexibility index (Phi) is 4.59. The summed E-state index contributed by atoms with van der Waals surface area (Å²) in [6.45, 7) is 3.95. The van der Waals surface area contributed by atoms with Crippen molar-refractivity contribution in [2.45, 2.75) is 6.92 Å². The number of hydrogen-bond donors (Lipinski definition) is 1. The number of nitrogens with two attached hydrogens (primary N) is 1. The molecule has 0 spiro atoms. The van der Waals surface area contributed by atoms with Gasteiger partial charge in [0.25, 0.3) is 5.91 Å².